The number of amides is 1. The normalized spacial score (nSPS) is 19.5. The Morgan fingerprint density at radius 1 is 1.19 bits per heavy atom. The van der Waals surface area contributed by atoms with E-state index in [0.29, 0.717) is 12.1 Å². The van der Waals surface area contributed by atoms with Gasteiger partial charge >= 0.3 is 0 Å². The molecular formula is C25H22F2N2O3. The molecule has 1 fully saturated rings. The fourth-order valence-corrected chi connectivity index (χ4v) is 5.00. The lowest BCUT2D eigenvalue weighted by Crippen LogP contribution is -2.39. The summed E-state index contributed by atoms with van der Waals surface area (Å²) in [6.07, 6.45) is 2.90. The van der Waals surface area contributed by atoms with Gasteiger partial charge in [-0.25, -0.2) is 8.78 Å². The third-order valence-corrected chi connectivity index (χ3v) is 6.62. The number of hydrogen-bond donors (Lipinski definition) is 1. The van der Waals surface area contributed by atoms with E-state index >= 15 is 0 Å². The van der Waals surface area contributed by atoms with Gasteiger partial charge in [0.05, 0.1) is 25.1 Å². The summed E-state index contributed by atoms with van der Waals surface area (Å²) in [6.45, 7) is 2.15. The molecule has 1 aliphatic heterocycles. The number of methoxy groups -OCH3 is 1. The molecular weight excluding hydrogens is 414 g/mol. The number of hydrogen-bond acceptors (Lipinski definition) is 3. The molecule has 2 heterocycles. The zero-order valence-corrected chi connectivity index (χ0v) is 17.7. The largest absolute Gasteiger partial charge is 0.497 e. The van der Waals surface area contributed by atoms with Gasteiger partial charge in [0.1, 0.15) is 5.75 Å². The van der Waals surface area contributed by atoms with Gasteiger partial charge in [-0.3, -0.25) is 9.59 Å². The first-order valence-corrected chi connectivity index (χ1v) is 10.5. The predicted octanol–water partition coefficient (Wildman–Crippen LogP) is 3.98. The Hall–Kier alpha value is -3.48. The molecule has 0 radical (unpaired) electrons. The molecule has 1 aliphatic carbocycles. The summed E-state index contributed by atoms with van der Waals surface area (Å²) < 4.78 is 33.4. The first-order valence-electron chi connectivity index (χ1n) is 10.5. The molecule has 2 unspecified atom stereocenters. The van der Waals surface area contributed by atoms with Crippen LogP contribution in [-0.4, -0.2) is 35.5 Å². The molecule has 1 N–H and O–H groups in total. The van der Waals surface area contributed by atoms with Gasteiger partial charge in [0.25, 0.3) is 5.56 Å². The van der Waals surface area contributed by atoms with E-state index in [1.54, 1.807) is 18.9 Å². The Morgan fingerprint density at radius 3 is 2.62 bits per heavy atom. The number of aromatic amines is 1. The summed E-state index contributed by atoms with van der Waals surface area (Å²) in [6, 6.07) is 9.98. The van der Waals surface area contributed by atoms with Crippen LogP contribution < -0.4 is 10.3 Å². The van der Waals surface area contributed by atoms with Gasteiger partial charge < -0.3 is 14.6 Å². The molecule has 2 aliphatic rings. The topological polar surface area (TPSA) is 62.4 Å². The molecule has 32 heavy (non-hydrogen) atoms. The lowest BCUT2D eigenvalue weighted by atomic mass is 9.98. The van der Waals surface area contributed by atoms with Crippen LogP contribution in [0.4, 0.5) is 8.78 Å². The van der Waals surface area contributed by atoms with E-state index in [4.69, 9.17) is 4.74 Å². The Labute approximate surface area is 183 Å². The molecule has 2 bridgehead atoms. The van der Waals surface area contributed by atoms with Crippen LogP contribution >= 0.6 is 0 Å². The molecule has 2 aromatic carbocycles. The van der Waals surface area contributed by atoms with E-state index in [1.807, 2.05) is 24.3 Å². The van der Waals surface area contributed by atoms with Gasteiger partial charge in [-0.1, -0.05) is 18.2 Å². The quantitative estimate of drug-likeness (QED) is 0.673. The van der Waals surface area contributed by atoms with Crippen LogP contribution in [0.3, 0.4) is 0 Å². The lowest BCUT2D eigenvalue weighted by Gasteiger charge is -2.29. The van der Waals surface area contributed by atoms with Crippen molar-refractivity contribution in [1.29, 1.82) is 0 Å². The van der Waals surface area contributed by atoms with Crippen molar-refractivity contribution in [3.63, 3.8) is 0 Å². The first kappa shape index (κ1) is 20.4. The number of pyridine rings is 1. The third-order valence-electron chi connectivity index (χ3n) is 6.62. The fourth-order valence-electron chi connectivity index (χ4n) is 5.00. The number of aryl methyl sites for hydroxylation is 1. The van der Waals surface area contributed by atoms with Gasteiger partial charge in [-0.2, -0.15) is 0 Å². The number of halogens is 2. The van der Waals surface area contributed by atoms with Gasteiger partial charge in [0.15, 0.2) is 11.6 Å². The number of rotatable bonds is 4. The number of fused-ring (bicyclic) bond motifs is 3. The van der Waals surface area contributed by atoms with E-state index in [0.717, 1.165) is 29.4 Å². The molecule has 5 rings (SSSR count). The Bertz CT molecular complexity index is 1330. The second-order valence-electron chi connectivity index (χ2n) is 8.43. The summed E-state index contributed by atoms with van der Waals surface area (Å²) in [5.41, 5.74) is 2.36. The Balaban J connectivity index is 1.44. The molecule has 5 nitrogen and oxygen atoms in total. The van der Waals surface area contributed by atoms with Gasteiger partial charge in [-0.15, -0.1) is 0 Å². The Kier molecular flexibility index (Phi) is 4.84. The van der Waals surface area contributed by atoms with Crippen molar-refractivity contribution in [1.82, 2.24) is 9.88 Å². The predicted molar refractivity (Wildman–Crippen MR) is 118 cm³/mol. The van der Waals surface area contributed by atoms with E-state index in [1.165, 1.54) is 6.07 Å². The second-order valence-corrected chi connectivity index (χ2v) is 8.43. The highest BCUT2D eigenvalue weighted by Gasteiger charge is 2.42. The third kappa shape index (κ3) is 3.20. The van der Waals surface area contributed by atoms with Crippen LogP contribution in [0.25, 0.3) is 16.5 Å². The maximum atomic E-state index is 14.4. The van der Waals surface area contributed by atoms with Crippen molar-refractivity contribution in [3.05, 3.63) is 81.2 Å². The number of carbonyl (C=O) groups is 1. The monoisotopic (exact) mass is 436 g/mol. The summed E-state index contributed by atoms with van der Waals surface area (Å²) in [5.74, 6) is -1.17. The lowest BCUT2D eigenvalue weighted by molar-refractivity contribution is -0.130. The van der Waals surface area contributed by atoms with Gasteiger partial charge in [0.2, 0.25) is 5.91 Å². The van der Waals surface area contributed by atoms with Crippen LogP contribution in [0.15, 0.2) is 47.3 Å². The molecule has 1 aromatic heterocycles. The minimum Gasteiger partial charge on any atom is -0.497 e. The zero-order valence-electron chi connectivity index (χ0n) is 17.7. The van der Waals surface area contributed by atoms with E-state index < -0.39 is 17.2 Å². The van der Waals surface area contributed by atoms with Crippen LogP contribution in [0.1, 0.15) is 23.1 Å². The van der Waals surface area contributed by atoms with Crippen LogP contribution in [0.2, 0.25) is 0 Å². The van der Waals surface area contributed by atoms with Crippen LogP contribution in [-0.2, 0) is 11.2 Å². The summed E-state index contributed by atoms with van der Waals surface area (Å²) in [5, 5.41) is 0.00848. The van der Waals surface area contributed by atoms with Crippen molar-refractivity contribution in [2.24, 2.45) is 5.92 Å². The van der Waals surface area contributed by atoms with E-state index in [2.05, 4.69) is 11.1 Å². The van der Waals surface area contributed by atoms with E-state index in [9.17, 15) is 18.4 Å². The zero-order chi connectivity index (χ0) is 22.6. The number of carbonyl (C=O) groups excluding carboxylic acids is 1. The van der Waals surface area contributed by atoms with E-state index in [-0.39, 0.29) is 40.8 Å². The van der Waals surface area contributed by atoms with Crippen LogP contribution in [0, 0.1) is 24.5 Å². The molecule has 2 atom stereocenters. The van der Waals surface area contributed by atoms with Crippen LogP contribution in [0.5, 0.6) is 5.75 Å². The minimum atomic E-state index is -1.02. The van der Waals surface area contributed by atoms with Crippen molar-refractivity contribution in [2.45, 2.75) is 25.8 Å². The van der Waals surface area contributed by atoms with Crippen molar-refractivity contribution in [2.75, 3.05) is 13.7 Å². The highest BCUT2D eigenvalue weighted by molar-refractivity contribution is 5.88. The first-order chi connectivity index (χ1) is 15.4. The number of nitrogens with zero attached hydrogens (tertiary/aromatic N) is 1. The molecule has 1 amide bonds. The smallest absolute Gasteiger partial charge is 0.252 e. The molecule has 1 saturated heterocycles. The highest BCUT2D eigenvalue weighted by Crippen LogP contribution is 2.42. The minimum absolute atomic E-state index is 0.00848. The maximum absolute atomic E-state index is 14.4. The van der Waals surface area contributed by atoms with Crippen molar-refractivity contribution < 1.29 is 18.3 Å². The second kappa shape index (κ2) is 7.58. The SMILES string of the molecule is COc1ccc(C2=CC3CC2N(C(=O)Cc2c(C)c4c(F)c(F)ccc4[nH]c2=O)C3)cc1. The Morgan fingerprint density at radius 2 is 1.94 bits per heavy atom. The van der Waals surface area contributed by atoms with Crippen molar-refractivity contribution >= 4 is 22.4 Å². The fraction of sp³-hybridized carbons (Fsp3) is 0.280. The standard InChI is InChI=1S/C25H22F2N2O3/c1-13-17(25(31)28-20-8-7-19(26)24(27)23(13)20)11-22(30)29-12-14-9-18(21(29)10-14)15-3-5-16(32-2)6-4-15/h3-9,14,21H,10-12H2,1-2H3,(H,28,31). The van der Waals surface area contributed by atoms with Crippen molar-refractivity contribution in [3.8, 4) is 5.75 Å². The van der Waals surface area contributed by atoms with Gasteiger partial charge in [0, 0.05) is 17.5 Å². The highest BCUT2D eigenvalue weighted by atomic mass is 19.2. The molecule has 0 spiro atoms. The average Bonchev–Trinajstić information content (AvgIpc) is 3.40. The summed E-state index contributed by atoms with van der Waals surface area (Å²) in [4.78, 5) is 30.3. The molecule has 7 heteroatoms. The summed E-state index contributed by atoms with van der Waals surface area (Å²) in [7, 11) is 1.61. The average molecular weight is 436 g/mol. The number of ether oxygens (including phenoxy) is 1. The number of aromatic nitrogens is 1. The molecule has 3 aromatic rings. The number of likely N-dealkylation sites (tertiary alicyclic amines) is 1. The summed E-state index contributed by atoms with van der Waals surface area (Å²) >= 11 is 0. The number of nitrogens with one attached hydrogen (secondary N) is 1. The number of H-pyrrole nitrogens is 1. The number of benzene rings is 2. The molecule has 0 saturated carbocycles. The van der Waals surface area contributed by atoms with Gasteiger partial charge in [-0.05, 0) is 60.2 Å². The molecule has 164 valence electrons. The maximum Gasteiger partial charge on any atom is 0.252 e.